The molecule has 14 heavy (non-hydrogen) atoms. The standard InChI is InChI=1S/C8H13F3N2O/c1-2-7(14)13-4-3-12-5-6(13)8(9,10)11/h6,12H,2-5H2,1H3. The highest BCUT2D eigenvalue weighted by Crippen LogP contribution is 2.26. The molecule has 82 valence electrons. The molecule has 1 unspecified atom stereocenters. The number of nitrogens with zero attached hydrogens (tertiary/aromatic N) is 1. The summed E-state index contributed by atoms with van der Waals surface area (Å²) in [6.45, 7) is 1.93. The maximum Gasteiger partial charge on any atom is 0.410 e. The summed E-state index contributed by atoms with van der Waals surface area (Å²) in [6.07, 6.45) is -4.22. The molecular weight excluding hydrogens is 197 g/mol. The van der Waals surface area contributed by atoms with Crippen LogP contribution in [0.2, 0.25) is 0 Å². The van der Waals surface area contributed by atoms with E-state index >= 15 is 0 Å². The van der Waals surface area contributed by atoms with Crippen LogP contribution in [0.15, 0.2) is 0 Å². The highest BCUT2D eigenvalue weighted by atomic mass is 19.4. The van der Waals surface area contributed by atoms with E-state index in [9.17, 15) is 18.0 Å². The fourth-order valence-corrected chi connectivity index (χ4v) is 1.50. The maximum absolute atomic E-state index is 12.5. The minimum absolute atomic E-state index is 0.118. The largest absolute Gasteiger partial charge is 0.410 e. The van der Waals surface area contributed by atoms with Gasteiger partial charge in [0.2, 0.25) is 5.91 Å². The van der Waals surface area contributed by atoms with Crippen LogP contribution in [0.5, 0.6) is 0 Å². The molecule has 1 fully saturated rings. The van der Waals surface area contributed by atoms with Crippen LogP contribution in [-0.2, 0) is 4.79 Å². The lowest BCUT2D eigenvalue weighted by molar-refractivity contribution is -0.192. The number of amides is 1. The number of hydrogen-bond acceptors (Lipinski definition) is 2. The van der Waals surface area contributed by atoms with Gasteiger partial charge in [0.25, 0.3) is 0 Å². The van der Waals surface area contributed by atoms with Crippen molar-refractivity contribution in [3.8, 4) is 0 Å². The molecule has 0 aliphatic carbocycles. The maximum atomic E-state index is 12.5. The van der Waals surface area contributed by atoms with Gasteiger partial charge in [0.1, 0.15) is 6.04 Å². The first-order valence-corrected chi connectivity index (χ1v) is 4.53. The number of nitrogens with one attached hydrogen (secondary N) is 1. The number of piperazine rings is 1. The normalized spacial score (nSPS) is 23.7. The summed E-state index contributed by atoms with van der Waals surface area (Å²) in [5, 5.41) is 2.64. The molecule has 0 aromatic heterocycles. The molecular formula is C8H13F3N2O. The summed E-state index contributed by atoms with van der Waals surface area (Å²) in [5.41, 5.74) is 0. The monoisotopic (exact) mass is 210 g/mol. The van der Waals surface area contributed by atoms with Crippen LogP contribution in [-0.4, -0.2) is 42.7 Å². The third kappa shape index (κ3) is 2.37. The van der Waals surface area contributed by atoms with Crippen molar-refractivity contribution in [3.63, 3.8) is 0 Å². The van der Waals surface area contributed by atoms with Gasteiger partial charge in [-0.3, -0.25) is 4.79 Å². The summed E-state index contributed by atoms with van der Waals surface area (Å²) < 4.78 is 37.4. The SMILES string of the molecule is CCC(=O)N1CCNCC1C(F)(F)F. The highest BCUT2D eigenvalue weighted by Gasteiger charge is 2.45. The molecule has 1 atom stereocenters. The average molecular weight is 210 g/mol. The van der Waals surface area contributed by atoms with Crippen molar-refractivity contribution in [2.45, 2.75) is 25.6 Å². The lowest BCUT2D eigenvalue weighted by atomic mass is 10.1. The Hall–Kier alpha value is -0.780. The fraction of sp³-hybridized carbons (Fsp3) is 0.875. The topological polar surface area (TPSA) is 32.3 Å². The van der Waals surface area contributed by atoms with Crippen LogP contribution in [0, 0.1) is 0 Å². The van der Waals surface area contributed by atoms with Crippen LogP contribution < -0.4 is 5.32 Å². The van der Waals surface area contributed by atoms with Crippen molar-refractivity contribution >= 4 is 5.91 Å². The number of carbonyl (C=O) groups is 1. The van der Waals surface area contributed by atoms with E-state index in [2.05, 4.69) is 5.32 Å². The molecule has 1 N–H and O–H groups in total. The minimum atomic E-state index is -4.34. The van der Waals surface area contributed by atoms with Crippen LogP contribution in [0.1, 0.15) is 13.3 Å². The zero-order valence-corrected chi connectivity index (χ0v) is 7.90. The number of hydrogen-bond donors (Lipinski definition) is 1. The second kappa shape index (κ2) is 4.16. The predicted molar refractivity (Wildman–Crippen MR) is 44.7 cm³/mol. The van der Waals surface area contributed by atoms with Crippen LogP contribution in [0.4, 0.5) is 13.2 Å². The van der Waals surface area contributed by atoms with E-state index in [0.717, 1.165) is 4.90 Å². The van der Waals surface area contributed by atoms with Gasteiger partial charge in [0, 0.05) is 26.1 Å². The third-order valence-electron chi connectivity index (χ3n) is 2.24. The van der Waals surface area contributed by atoms with Gasteiger partial charge in [-0.1, -0.05) is 6.92 Å². The Bertz CT molecular complexity index is 217. The molecule has 0 bridgehead atoms. The first-order chi connectivity index (χ1) is 6.46. The van der Waals surface area contributed by atoms with E-state index in [1.807, 2.05) is 0 Å². The van der Waals surface area contributed by atoms with Gasteiger partial charge in [0.15, 0.2) is 0 Å². The number of rotatable bonds is 1. The number of carbonyl (C=O) groups excluding carboxylic acids is 1. The molecule has 6 heteroatoms. The second-order valence-corrected chi connectivity index (χ2v) is 3.20. The molecule has 1 saturated heterocycles. The van der Waals surface area contributed by atoms with Gasteiger partial charge >= 0.3 is 6.18 Å². The van der Waals surface area contributed by atoms with Crippen molar-refractivity contribution in [3.05, 3.63) is 0 Å². The summed E-state index contributed by atoms with van der Waals surface area (Å²) >= 11 is 0. The smallest absolute Gasteiger partial charge is 0.328 e. The first-order valence-electron chi connectivity index (χ1n) is 4.53. The van der Waals surface area contributed by atoms with Crippen molar-refractivity contribution < 1.29 is 18.0 Å². The molecule has 1 heterocycles. The van der Waals surface area contributed by atoms with E-state index < -0.39 is 18.1 Å². The van der Waals surface area contributed by atoms with Gasteiger partial charge in [-0.05, 0) is 0 Å². The number of alkyl halides is 3. The predicted octanol–water partition coefficient (Wildman–Crippen LogP) is 0.759. The van der Waals surface area contributed by atoms with Gasteiger partial charge in [-0.25, -0.2) is 0 Å². The highest BCUT2D eigenvalue weighted by molar-refractivity contribution is 5.76. The Labute approximate surface area is 80.3 Å². The van der Waals surface area contributed by atoms with E-state index in [4.69, 9.17) is 0 Å². The summed E-state index contributed by atoms with van der Waals surface area (Å²) in [6, 6.07) is -1.66. The van der Waals surface area contributed by atoms with Crippen molar-refractivity contribution in [2.24, 2.45) is 0 Å². The summed E-state index contributed by atoms with van der Waals surface area (Å²) in [7, 11) is 0. The molecule has 0 aromatic carbocycles. The van der Waals surface area contributed by atoms with Gasteiger partial charge in [-0.2, -0.15) is 13.2 Å². The Balaban J connectivity index is 2.74. The summed E-state index contributed by atoms with van der Waals surface area (Å²) in [5.74, 6) is -0.436. The average Bonchev–Trinajstić information content (AvgIpc) is 2.15. The van der Waals surface area contributed by atoms with Gasteiger partial charge in [-0.15, -0.1) is 0 Å². The molecule has 1 rings (SSSR count). The van der Waals surface area contributed by atoms with E-state index in [-0.39, 0.29) is 19.5 Å². The second-order valence-electron chi connectivity index (χ2n) is 3.20. The zero-order chi connectivity index (χ0) is 10.8. The molecule has 0 saturated carbocycles. The third-order valence-corrected chi connectivity index (χ3v) is 2.24. The Kier molecular flexibility index (Phi) is 3.36. The van der Waals surface area contributed by atoms with Crippen molar-refractivity contribution in [2.75, 3.05) is 19.6 Å². The van der Waals surface area contributed by atoms with Crippen LogP contribution >= 0.6 is 0 Å². The molecule has 0 spiro atoms. The van der Waals surface area contributed by atoms with Gasteiger partial charge < -0.3 is 10.2 Å². The first kappa shape index (κ1) is 11.3. The lowest BCUT2D eigenvalue weighted by Gasteiger charge is -2.37. The van der Waals surface area contributed by atoms with Crippen molar-refractivity contribution in [1.82, 2.24) is 10.2 Å². The number of halogens is 3. The minimum Gasteiger partial charge on any atom is -0.328 e. The summed E-state index contributed by atoms with van der Waals surface area (Å²) in [4.78, 5) is 12.1. The molecule has 1 amide bonds. The molecule has 3 nitrogen and oxygen atoms in total. The molecule has 0 aromatic rings. The van der Waals surface area contributed by atoms with Crippen molar-refractivity contribution in [1.29, 1.82) is 0 Å². The Morgan fingerprint density at radius 3 is 2.71 bits per heavy atom. The van der Waals surface area contributed by atoms with E-state index in [0.29, 0.717) is 6.54 Å². The van der Waals surface area contributed by atoms with E-state index in [1.165, 1.54) is 0 Å². The Morgan fingerprint density at radius 2 is 2.21 bits per heavy atom. The van der Waals surface area contributed by atoms with Crippen LogP contribution in [0.3, 0.4) is 0 Å². The lowest BCUT2D eigenvalue weighted by Crippen LogP contribution is -2.59. The molecule has 0 radical (unpaired) electrons. The Morgan fingerprint density at radius 1 is 1.57 bits per heavy atom. The zero-order valence-electron chi connectivity index (χ0n) is 7.90. The van der Waals surface area contributed by atoms with Crippen LogP contribution in [0.25, 0.3) is 0 Å². The molecule has 1 aliphatic heterocycles. The quantitative estimate of drug-likeness (QED) is 0.693. The van der Waals surface area contributed by atoms with E-state index in [1.54, 1.807) is 6.92 Å². The van der Waals surface area contributed by atoms with Gasteiger partial charge in [0.05, 0.1) is 0 Å². The molecule has 1 aliphatic rings. The fourth-order valence-electron chi connectivity index (χ4n) is 1.50.